The number of benzene rings is 1. The van der Waals surface area contributed by atoms with Crippen molar-refractivity contribution in [3.8, 4) is 0 Å². The molecule has 3 nitrogen and oxygen atoms in total. The van der Waals surface area contributed by atoms with Crippen molar-refractivity contribution in [3.05, 3.63) is 35.9 Å². The van der Waals surface area contributed by atoms with Gasteiger partial charge in [-0.15, -0.1) is 0 Å². The van der Waals surface area contributed by atoms with Crippen LogP contribution >= 0.6 is 0 Å². The zero-order valence-corrected chi connectivity index (χ0v) is 11.2. The molecule has 0 aliphatic carbocycles. The van der Waals surface area contributed by atoms with E-state index in [1.165, 1.54) is 0 Å². The minimum Gasteiger partial charge on any atom is -0.338 e. The van der Waals surface area contributed by atoms with Gasteiger partial charge in [-0.05, 0) is 24.3 Å². The van der Waals surface area contributed by atoms with Crippen LogP contribution in [0.3, 0.4) is 0 Å². The first-order valence-corrected chi connectivity index (χ1v) is 6.72. The monoisotopic (exact) mass is 246 g/mol. The van der Waals surface area contributed by atoms with Crippen molar-refractivity contribution < 1.29 is 4.79 Å². The van der Waals surface area contributed by atoms with Crippen LogP contribution in [0.5, 0.6) is 0 Å². The Labute approximate surface area is 109 Å². The second kappa shape index (κ2) is 5.53. The summed E-state index contributed by atoms with van der Waals surface area (Å²) in [6.45, 7) is 5.19. The molecule has 1 heterocycles. The van der Waals surface area contributed by atoms with Crippen molar-refractivity contribution in [1.29, 1.82) is 0 Å². The van der Waals surface area contributed by atoms with Gasteiger partial charge in [-0.25, -0.2) is 0 Å². The molecule has 3 heteroatoms. The summed E-state index contributed by atoms with van der Waals surface area (Å²) in [5.74, 6) is 0.567. The molecule has 0 radical (unpaired) electrons. The van der Waals surface area contributed by atoms with Crippen molar-refractivity contribution in [2.75, 3.05) is 6.54 Å². The fourth-order valence-corrected chi connectivity index (χ4v) is 2.74. The van der Waals surface area contributed by atoms with Gasteiger partial charge in [0, 0.05) is 12.6 Å². The van der Waals surface area contributed by atoms with Crippen molar-refractivity contribution in [1.82, 2.24) is 4.90 Å². The Balaban J connectivity index is 2.11. The Morgan fingerprint density at radius 1 is 1.33 bits per heavy atom. The second-order valence-corrected chi connectivity index (χ2v) is 5.37. The predicted molar refractivity (Wildman–Crippen MR) is 72.9 cm³/mol. The summed E-state index contributed by atoms with van der Waals surface area (Å²) in [5.41, 5.74) is 6.99. The largest absolute Gasteiger partial charge is 0.338 e. The van der Waals surface area contributed by atoms with Gasteiger partial charge in [-0.3, -0.25) is 4.79 Å². The zero-order valence-electron chi connectivity index (χ0n) is 11.2. The number of nitrogens with zero attached hydrogens (tertiary/aromatic N) is 1. The molecule has 0 saturated carbocycles. The van der Waals surface area contributed by atoms with Crippen LogP contribution < -0.4 is 5.73 Å². The van der Waals surface area contributed by atoms with Crippen LogP contribution in [0.1, 0.15) is 38.3 Å². The summed E-state index contributed by atoms with van der Waals surface area (Å²) in [5, 5.41) is 0. The Bertz CT molecular complexity index is 402. The summed E-state index contributed by atoms with van der Waals surface area (Å²) in [6, 6.07) is 9.45. The van der Waals surface area contributed by atoms with Gasteiger partial charge in [0.1, 0.15) is 6.04 Å². The average molecular weight is 246 g/mol. The van der Waals surface area contributed by atoms with Gasteiger partial charge in [0.15, 0.2) is 0 Å². The zero-order chi connectivity index (χ0) is 13.1. The molecule has 2 unspecified atom stereocenters. The first-order chi connectivity index (χ1) is 8.61. The van der Waals surface area contributed by atoms with E-state index < -0.39 is 6.04 Å². The molecule has 1 saturated heterocycles. The fourth-order valence-electron chi connectivity index (χ4n) is 2.74. The van der Waals surface area contributed by atoms with E-state index in [2.05, 4.69) is 13.8 Å². The third kappa shape index (κ3) is 2.56. The van der Waals surface area contributed by atoms with E-state index in [4.69, 9.17) is 5.73 Å². The van der Waals surface area contributed by atoms with E-state index >= 15 is 0 Å². The van der Waals surface area contributed by atoms with Gasteiger partial charge in [0.05, 0.1) is 0 Å². The van der Waals surface area contributed by atoms with E-state index in [1.807, 2.05) is 35.2 Å². The lowest BCUT2D eigenvalue weighted by molar-refractivity contribution is -0.134. The maximum absolute atomic E-state index is 12.5. The lowest BCUT2D eigenvalue weighted by Crippen LogP contribution is -2.43. The molecular formula is C15H22N2O. The van der Waals surface area contributed by atoms with Crippen molar-refractivity contribution in [3.63, 3.8) is 0 Å². The lowest BCUT2D eigenvalue weighted by Gasteiger charge is -2.30. The molecule has 2 rings (SSSR count). The summed E-state index contributed by atoms with van der Waals surface area (Å²) in [6.07, 6.45) is 2.20. The maximum Gasteiger partial charge on any atom is 0.244 e. The number of amides is 1. The molecule has 1 aromatic rings. The van der Waals surface area contributed by atoms with E-state index in [1.54, 1.807) is 0 Å². The molecule has 98 valence electrons. The van der Waals surface area contributed by atoms with Gasteiger partial charge in [0.2, 0.25) is 5.91 Å². The summed E-state index contributed by atoms with van der Waals surface area (Å²) < 4.78 is 0. The van der Waals surface area contributed by atoms with E-state index in [0.717, 1.165) is 24.9 Å². The van der Waals surface area contributed by atoms with Crippen molar-refractivity contribution >= 4 is 5.91 Å². The standard InChI is InChI=1S/C15H22N2O/c1-11(2)13-9-6-10-17(13)15(18)14(16)12-7-4-3-5-8-12/h3-5,7-8,11,13-14H,6,9-10,16H2,1-2H3. The first-order valence-electron chi connectivity index (χ1n) is 6.72. The molecule has 1 amide bonds. The number of carbonyl (C=O) groups excluding carboxylic acids is 1. The molecule has 1 aromatic carbocycles. The van der Waals surface area contributed by atoms with E-state index in [0.29, 0.717) is 12.0 Å². The van der Waals surface area contributed by atoms with Crippen LogP contribution in [0.25, 0.3) is 0 Å². The smallest absolute Gasteiger partial charge is 0.244 e. The number of hydrogen-bond acceptors (Lipinski definition) is 2. The van der Waals surface area contributed by atoms with Gasteiger partial charge >= 0.3 is 0 Å². The number of rotatable bonds is 3. The predicted octanol–water partition coefficient (Wildman–Crippen LogP) is 2.33. The van der Waals surface area contributed by atoms with Crippen LogP contribution in [-0.4, -0.2) is 23.4 Å². The van der Waals surface area contributed by atoms with Gasteiger partial charge in [0.25, 0.3) is 0 Å². The normalized spacial score (nSPS) is 21.3. The van der Waals surface area contributed by atoms with Crippen LogP contribution in [0.4, 0.5) is 0 Å². The minimum atomic E-state index is -0.523. The quantitative estimate of drug-likeness (QED) is 0.889. The van der Waals surface area contributed by atoms with Crippen molar-refractivity contribution in [2.45, 2.75) is 38.8 Å². The van der Waals surface area contributed by atoms with Gasteiger partial charge in [-0.1, -0.05) is 44.2 Å². The maximum atomic E-state index is 12.5. The third-order valence-electron chi connectivity index (χ3n) is 3.78. The van der Waals surface area contributed by atoms with Crippen LogP contribution in [0.2, 0.25) is 0 Å². The highest BCUT2D eigenvalue weighted by molar-refractivity contribution is 5.83. The molecule has 18 heavy (non-hydrogen) atoms. The first kappa shape index (κ1) is 13.1. The minimum absolute atomic E-state index is 0.0670. The summed E-state index contributed by atoms with van der Waals surface area (Å²) >= 11 is 0. The van der Waals surface area contributed by atoms with Crippen LogP contribution in [-0.2, 0) is 4.79 Å². The van der Waals surface area contributed by atoms with E-state index in [-0.39, 0.29) is 5.91 Å². The Kier molecular flexibility index (Phi) is 4.02. The highest BCUT2D eigenvalue weighted by Gasteiger charge is 2.33. The van der Waals surface area contributed by atoms with Crippen molar-refractivity contribution in [2.24, 2.45) is 11.7 Å². The summed E-state index contributed by atoms with van der Waals surface area (Å²) in [4.78, 5) is 14.4. The molecule has 0 aromatic heterocycles. The Morgan fingerprint density at radius 2 is 2.00 bits per heavy atom. The number of likely N-dealkylation sites (tertiary alicyclic amines) is 1. The van der Waals surface area contributed by atoms with Crippen LogP contribution in [0, 0.1) is 5.92 Å². The SMILES string of the molecule is CC(C)C1CCCN1C(=O)C(N)c1ccccc1. The van der Waals surface area contributed by atoms with Gasteiger partial charge in [-0.2, -0.15) is 0 Å². The highest BCUT2D eigenvalue weighted by Crippen LogP contribution is 2.26. The van der Waals surface area contributed by atoms with E-state index in [9.17, 15) is 4.79 Å². The molecule has 0 bridgehead atoms. The second-order valence-electron chi connectivity index (χ2n) is 5.37. The Morgan fingerprint density at radius 3 is 2.61 bits per heavy atom. The molecule has 2 N–H and O–H groups in total. The van der Waals surface area contributed by atoms with Gasteiger partial charge < -0.3 is 10.6 Å². The molecule has 1 aliphatic rings. The average Bonchev–Trinajstić information content (AvgIpc) is 2.87. The molecule has 0 spiro atoms. The topological polar surface area (TPSA) is 46.3 Å². The molecule has 1 fully saturated rings. The fraction of sp³-hybridized carbons (Fsp3) is 0.533. The number of hydrogen-bond donors (Lipinski definition) is 1. The van der Waals surface area contributed by atoms with Crippen LogP contribution in [0.15, 0.2) is 30.3 Å². The highest BCUT2D eigenvalue weighted by atomic mass is 16.2. The summed E-state index contributed by atoms with van der Waals surface area (Å²) in [7, 11) is 0. The molecular weight excluding hydrogens is 224 g/mol. The molecule has 1 aliphatic heterocycles. The number of nitrogens with two attached hydrogens (primary N) is 1. The number of carbonyl (C=O) groups is 1. The third-order valence-corrected chi connectivity index (χ3v) is 3.78. The molecule has 2 atom stereocenters. The Hall–Kier alpha value is -1.35. The lowest BCUT2D eigenvalue weighted by atomic mass is 10.0.